The number of pyridine rings is 1. The molecule has 26 heavy (non-hydrogen) atoms. The summed E-state index contributed by atoms with van der Waals surface area (Å²) < 4.78 is 5.10. The molecule has 6 heteroatoms. The highest BCUT2D eigenvalue weighted by Crippen LogP contribution is 2.19. The van der Waals surface area contributed by atoms with Crippen molar-refractivity contribution in [2.24, 2.45) is 0 Å². The molecule has 3 aromatic rings. The van der Waals surface area contributed by atoms with E-state index in [4.69, 9.17) is 4.74 Å². The summed E-state index contributed by atoms with van der Waals surface area (Å²) in [6.07, 6.45) is 3.37. The number of hydrogen-bond donors (Lipinski definition) is 1. The van der Waals surface area contributed by atoms with E-state index in [9.17, 15) is 4.79 Å². The van der Waals surface area contributed by atoms with Crippen molar-refractivity contribution in [1.29, 1.82) is 0 Å². The van der Waals surface area contributed by atoms with Crippen molar-refractivity contribution in [3.05, 3.63) is 70.8 Å². The van der Waals surface area contributed by atoms with Gasteiger partial charge in [-0.2, -0.15) is 0 Å². The van der Waals surface area contributed by atoms with Gasteiger partial charge in [-0.25, -0.2) is 4.98 Å². The van der Waals surface area contributed by atoms with Crippen LogP contribution in [-0.2, 0) is 11.3 Å². The number of rotatable bonds is 7. The van der Waals surface area contributed by atoms with Crippen LogP contribution in [0.2, 0.25) is 0 Å². The van der Waals surface area contributed by atoms with Crippen LogP contribution in [0, 0.1) is 0 Å². The Morgan fingerprint density at radius 1 is 1.08 bits per heavy atom. The summed E-state index contributed by atoms with van der Waals surface area (Å²) in [6.45, 7) is 2.42. The van der Waals surface area contributed by atoms with E-state index in [0.29, 0.717) is 18.1 Å². The lowest BCUT2D eigenvalue weighted by molar-refractivity contribution is 0.158. The second kappa shape index (κ2) is 8.51. The Hall–Kier alpha value is -2.83. The molecule has 0 fully saturated rings. The van der Waals surface area contributed by atoms with Crippen molar-refractivity contribution in [3.8, 4) is 22.6 Å². The van der Waals surface area contributed by atoms with Gasteiger partial charge >= 0.3 is 0 Å². The minimum Gasteiger partial charge on any atom is -0.383 e. The fraction of sp³-hybridized carbons (Fsp3) is 0.250. The van der Waals surface area contributed by atoms with Gasteiger partial charge in [-0.3, -0.25) is 14.7 Å². The van der Waals surface area contributed by atoms with Gasteiger partial charge in [-0.15, -0.1) is 0 Å². The van der Waals surface area contributed by atoms with Gasteiger partial charge in [0.1, 0.15) is 5.82 Å². The van der Waals surface area contributed by atoms with Crippen LogP contribution in [0.3, 0.4) is 0 Å². The number of benzene rings is 1. The van der Waals surface area contributed by atoms with Crippen molar-refractivity contribution >= 4 is 0 Å². The van der Waals surface area contributed by atoms with E-state index >= 15 is 0 Å². The Kier molecular flexibility index (Phi) is 5.88. The number of aromatic amines is 1. The molecule has 0 spiro atoms. The van der Waals surface area contributed by atoms with Crippen molar-refractivity contribution in [3.63, 3.8) is 0 Å². The number of aromatic nitrogens is 3. The number of likely N-dealkylation sites (N-methyl/N-ethyl adjacent to an activating group) is 1. The number of hydrogen-bond acceptors (Lipinski definition) is 5. The second-order valence-corrected chi connectivity index (χ2v) is 6.14. The first kappa shape index (κ1) is 18.0. The Balaban J connectivity index is 1.81. The van der Waals surface area contributed by atoms with Gasteiger partial charge in [0.2, 0.25) is 0 Å². The maximum absolute atomic E-state index is 12.0. The van der Waals surface area contributed by atoms with E-state index in [1.165, 1.54) is 11.6 Å². The van der Waals surface area contributed by atoms with Crippen molar-refractivity contribution < 1.29 is 4.74 Å². The van der Waals surface area contributed by atoms with Gasteiger partial charge in [0, 0.05) is 49.8 Å². The van der Waals surface area contributed by atoms with Gasteiger partial charge in [-0.1, -0.05) is 24.3 Å². The number of ether oxygens (including phenoxy) is 1. The Bertz CT molecular complexity index is 892. The van der Waals surface area contributed by atoms with E-state index in [1.54, 1.807) is 19.5 Å². The minimum absolute atomic E-state index is 0.176. The first-order chi connectivity index (χ1) is 12.7. The predicted molar refractivity (Wildman–Crippen MR) is 102 cm³/mol. The number of H-pyrrole nitrogens is 1. The first-order valence-corrected chi connectivity index (χ1v) is 8.44. The van der Waals surface area contributed by atoms with Crippen LogP contribution >= 0.6 is 0 Å². The molecule has 0 radical (unpaired) electrons. The quantitative estimate of drug-likeness (QED) is 0.709. The normalized spacial score (nSPS) is 11.0. The summed E-state index contributed by atoms with van der Waals surface area (Å²) in [6, 6.07) is 13.2. The molecule has 134 valence electrons. The molecular formula is C20H22N4O2. The largest absolute Gasteiger partial charge is 0.383 e. The van der Waals surface area contributed by atoms with Crippen LogP contribution in [0.15, 0.2) is 59.7 Å². The Morgan fingerprint density at radius 2 is 1.81 bits per heavy atom. The fourth-order valence-electron chi connectivity index (χ4n) is 2.67. The van der Waals surface area contributed by atoms with E-state index in [0.717, 1.165) is 24.2 Å². The summed E-state index contributed by atoms with van der Waals surface area (Å²) in [5, 5.41) is 0. The molecule has 2 aromatic heterocycles. The highest BCUT2D eigenvalue weighted by atomic mass is 16.5. The fourth-order valence-corrected chi connectivity index (χ4v) is 2.67. The molecule has 0 bridgehead atoms. The van der Waals surface area contributed by atoms with Crippen LogP contribution in [0.1, 0.15) is 5.56 Å². The third-order valence-electron chi connectivity index (χ3n) is 4.07. The van der Waals surface area contributed by atoms with Gasteiger partial charge < -0.3 is 9.72 Å². The topological polar surface area (TPSA) is 71.1 Å². The molecule has 0 aliphatic rings. The zero-order chi connectivity index (χ0) is 18.4. The monoisotopic (exact) mass is 350 g/mol. The molecule has 1 aromatic carbocycles. The van der Waals surface area contributed by atoms with Crippen molar-refractivity contribution in [2.45, 2.75) is 6.54 Å². The highest BCUT2D eigenvalue weighted by Gasteiger charge is 2.07. The predicted octanol–water partition coefficient (Wildman–Crippen LogP) is 2.58. The van der Waals surface area contributed by atoms with Crippen molar-refractivity contribution in [1.82, 2.24) is 19.9 Å². The van der Waals surface area contributed by atoms with Crippen LogP contribution in [0.4, 0.5) is 0 Å². The second-order valence-electron chi connectivity index (χ2n) is 6.14. The third kappa shape index (κ3) is 4.62. The van der Waals surface area contributed by atoms with E-state index in [1.807, 2.05) is 24.3 Å². The average Bonchev–Trinajstić information content (AvgIpc) is 2.67. The standard InChI is InChI=1S/C20H22N4O2/c1-24(11-12-26-2)14-15-3-5-17(6-4-15)20-22-18(13-19(25)23-20)16-7-9-21-10-8-16/h3-10,13H,11-12,14H2,1-2H3,(H,22,23,25). The van der Waals surface area contributed by atoms with Crippen LogP contribution < -0.4 is 5.56 Å². The lowest BCUT2D eigenvalue weighted by Crippen LogP contribution is -2.22. The smallest absolute Gasteiger partial charge is 0.251 e. The molecular weight excluding hydrogens is 328 g/mol. The molecule has 0 amide bonds. The molecule has 0 aliphatic carbocycles. The van der Waals surface area contributed by atoms with Crippen molar-refractivity contribution in [2.75, 3.05) is 27.3 Å². The SMILES string of the molecule is COCCN(C)Cc1ccc(-c2nc(-c3ccncc3)cc(=O)[nH]2)cc1. The van der Waals surface area contributed by atoms with Crippen LogP contribution in [-0.4, -0.2) is 47.2 Å². The summed E-state index contributed by atoms with van der Waals surface area (Å²) in [5.41, 5.74) is 3.39. The molecule has 3 rings (SSSR count). The number of nitrogens with one attached hydrogen (secondary N) is 1. The van der Waals surface area contributed by atoms with Crippen LogP contribution in [0.5, 0.6) is 0 Å². The summed E-state index contributed by atoms with van der Waals surface area (Å²) in [7, 11) is 3.76. The first-order valence-electron chi connectivity index (χ1n) is 8.44. The molecule has 6 nitrogen and oxygen atoms in total. The van der Waals surface area contributed by atoms with E-state index in [-0.39, 0.29) is 5.56 Å². The lowest BCUT2D eigenvalue weighted by atomic mass is 10.1. The zero-order valence-corrected chi connectivity index (χ0v) is 15.0. The zero-order valence-electron chi connectivity index (χ0n) is 15.0. The number of methoxy groups -OCH3 is 1. The van der Waals surface area contributed by atoms with Gasteiger partial charge in [0.05, 0.1) is 12.3 Å². The maximum Gasteiger partial charge on any atom is 0.251 e. The lowest BCUT2D eigenvalue weighted by Gasteiger charge is -2.16. The molecule has 0 atom stereocenters. The van der Waals surface area contributed by atoms with Gasteiger partial charge in [0.15, 0.2) is 0 Å². The summed E-state index contributed by atoms with van der Waals surface area (Å²) in [5.74, 6) is 0.559. The molecule has 0 saturated carbocycles. The Labute approximate surface area is 152 Å². The summed E-state index contributed by atoms with van der Waals surface area (Å²) in [4.78, 5) is 25.6. The van der Waals surface area contributed by atoms with Gasteiger partial charge in [-0.05, 0) is 24.7 Å². The average molecular weight is 350 g/mol. The molecule has 0 aliphatic heterocycles. The van der Waals surface area contributed by atoms with Crippen LogP contribution in [0.25, 0.3) is 22.6 Å². The third-order valence-corrected chi connectivity index (χ3v) is 4.07. The maximum atomic E-state index is 12.0. The molecule has 0 saturated heterocycles. The van der Waals surface area contributed by atoms with Gasteiger partial charge in [0.25, 0.3) is 5.56 Å². The molecule has 1 N–H and O–H groups in total. The minimum atomic E-state index is -0.176. The highest BCUT2D eigenvalue weighted by molar-refractivity contribution is 5.63. The molecule has 2 heterocycles. The molecule has 0 unspecified atom stereocenters. The number of nitrogens with zero attached hydrogens (tertiary/aromatic N) is 3. The Morgan fingerprint density at radius 3 is 2.50 bits per heavy atom. The van der Waals surface area contributed by atoms with E-state index in [2.05, 4.69) is 39.0 Å². The summed E-state index contributed by atoms with van der Waals surface area (Å²) >= 11 is 0. The van der Waals surface area contributed by atoms with E-state index < -0.39 is 0 Å².